The Labute approximate surface area is 178 Å². The van der Waals surface area contributed by atoms with E-state index >= 15 is 0 Å². The average Bonchev–Trinajstić information content (AvgIpc) is 2.98. The molecule has 164 valence electrons. The molecule has 0 saturated carbocycles. The van der Waals surface area contributed by atoms with Gasteiger partial charge in [-0.05, 0) is 63.3 Å². The zero-order valence-corrected chi connectivity index (χ0v) is 18.8. The summed E-state index contributed by atoms with van der Waals surface area (Å²) in [6.07, 6.45) is 2.67. The molecule has 2 heterocycles. The zero-order chi connectivity index (χ0) is 21.7. The molecule has 1 unspecified atom stereocenters. The molecule has 6 nitrogen and oxygen atoms in total. The van der Waals surface area contributed by atoms with Crippen molar-refractivity contribution in [2.24, 2.45) is 12.0 Å². The molecule has 1 aliphatic heterocycles. The molecule has 0 spiro atoms. The van der Waals surface area contributed by atoms with Gasteiger partial charge < -0.3 is 15.4 Å². The summed E-state index contributed by atoms with van der Waals surface area (Å²) in [5.74, 6) is 0.566. The van der Waals surface area contributed by atoms with Gasteiger partial charge in [-0.1, -0.05) is 12.1 Å². The van der Waals surface area contributed by atoms with Crippen LogP contribution in [-0.4, -0.2) is 48.6 Å². The third-order valence-corrected chi connectivity index (χ3v) is 6.28. The van der Waals surface area contributed by atoms with Crippen LogP contribution in [-0.2, 0) is 23.6 Å². The van der Waals surface area contributed by atoms with Gasteiger partial charge in [0.15, 0.2) is 5.96 Å². The van der Waals surface area contributed by atoms with E-state index in [1.165, 1.54) is 11.3 Å². The number of guanidine groups is 1. The van der Waals surface area contributed by atoms with Gasteiger partial charge >= 0.3 is 0 Å². The van der Waals surface area contributed by atoms with Crippen LogP contribution in [0.5, 0.6) is 0 Å². The number of aryl methyl sites for hydroxylation is 2. The molecule has 1 saturated heterocycles. The van der Waals surface area contributed by atoms with E-state index in [0.717, 1.165) is 43.0 Å². The number of rotatable bonds is 6. The van der Waals surface area contributed by atoms with Crippen LogP contribution < -0.4 is 10.6 Å². The number of hydrogen-bond donors (Lipinski definition) is 2. The van der Waals surface area contributed by atoms with Crippen molar-refractivity contribution in [3.8, 4) is 0 Å². The molecule has 1 aliphatic rings. The number of nitrogens with zero attached hydrogens (tertiary/aromatic N) is 3. The summed E-state index contributed by atoms with van der Waals surface area (Å²) in [6.45, 7) is 8.46. The van der Waals surface area contributed by atoms with E-state index in [9.17, 15) is 4.39 Å². The number of aliphatic imine (C=N–C) groups is 1. The van der Waals surface area contributed by atoms with Gasteiger partial charge in [-0.15, -0.1) is 0 Å². The Kier molecular flexibility index (Phi) is 7.13. The molecule has 0 bridgehead atoms. The smallest absolute Gasteiger partial charge is 0.191 e. The maximum atomic E-state index is 13.5. The minimum absolute atomic E-state index is 0.0939. The Morgan fingerprint density at radius 2 is 1.93 bits per heavy atom. The van der Waals surface area contributed by atoms with Crippen molar-refractivity contribution in [2.45, 2.75) is 51.5 Å². The largest absolute Gasteiger partial charge is 0.381 e. The summed E-state index contributed by atoms with van der Waals surface area (Å²) in [7, 11) is 3.77. The summed E-state index contributed by atoms with van der Waals surface area (Å²) in [4.78, 5) is 4.43. The maximum absolute atomic E-state index is 13.5. The Bertz CT molecular complexity index is 868. The topological polar surface area (TPSA) is 63.5 Å². The second kappa shape index (κ2) is 9.60. The number of benzene rings is 1. The van der Waals surface area contributed by atoms with Crippen LogP contribution in [0, 0.1) is 19.7 Å². The lowest BCUT2D eigenvalue weighted by Gasteiger charge is -2.38. The van der Waals surface area contributed by atoms with Crippen molar-refractivity contribution in [1.29, 1.82) is 0 Å². The van der Waals surface area contributed by atoms with Crippen LogP contribution in [0.4, 0.5) is 4.39 Å². The van der Waals surface area contributed by atoms with E-state index in [2.05, 4.69) is 41.5 Å². The van der Waals surface area contributed by atoms with E-state index in [0.29, 0.717) is 13.2 Å². The standard InChI is InChI=1S/C23H34FN5O/c1-16(14-21-17(2)28-29(5)18(21)3)27-22(25-4)26-15-23(10-12-30-13-11-23)19-6-8-20(24)9-7-19/h6-9,16H,10-15H2,1-5H3,(H2,25,26,27). The first kappa shape index (κ1) is 22.3. The third-order valence-electron chi connectivity index (χ3n) is 6.28. The Morgan fingerprint density at radius 3 is 2.50 bits per heavy atom. The van der Waals surface area contributed by atoms with Crippen molar-refractivity contribution < 1.29 is 9.13 Å². The van der Waals surface area contributed by atoms with E-state index in [1.807, 2.05) is 23.9 Å². The van der Waals surface area contributed by atoms with Crippen molar-refractivity contribution in [1.82, 2.24) is 20.4 Å². The highest BCUT2D eigenvalue weighted by atomic mass is 19.1. The zero-order valence-electron chi connectivity index (χ0n) is 18.8. The SMILES string of the molecule is CN=C(NCC1(c2ccc(F)cc2)CCOCC1)NC(C)Cc1c(C)nn(C)c1C. The van der Waals surface area contributed by atoms with Crippen molar-refractivity contribution in [3.63, 3.8) is 0 Å². The predicted octanol–water partition coefficient (Wildman–Crippen LogP) is 3.02. The first-order valence-corrected chi connectivity index (χ1v) is 10.6. The molecule has 0 aliphatic carbocycles. The number of hydrogen-bond acceptors (Lipinski definition) is 3. The molecule has 1 atom stereocenters. The van der Waals surface area contributed by atoms with E-state index < -0.39 is 0 Å². The molecule has 2 aromatic rings. The van der Waals surface area contributed by atoms with Gasteiger partial charge in [0.1, 0.15) is 5.82 Å². The minimum Gasteiger partial charge on any atom is -0.381 e. The molecular formula is C23H34FN5O. The number of aromatic nitrogens is 2. The molecule has 1 aromatic carbocycles. The molecule has 0 radical (unpaired) electrons. The lowest BCUT2D eigenvalue weighted by Crippen LogP contribution is -2.50. The second-order valence-corrected chi connectivity index (χ2v) is 8.35. The van der Waals surface area contributed by atoms with Gasteiger partial charge in [-0.3, -0.25) is 9.67 Å². The number of ether oxygens (including phenoxy) is 1. The Morgan fingerprint density at radius 1 is 1.27 bits per heavy atom. The minimum atomic E-state index is -0.207. The number of nitrogens with one attached hydrogen (secondary N) is 2. The first-order chi connectivity index (χ1) is 14.3. The van der Waals surface area contributed by atoms with Crippen molar-refractivity contribution in [2.75, 3.05) is 26.8 Å². The lowest BCUT2D eigenvalue weighted by atomic mass is 9.74. The van der Waals surface area contributed by atoms with Crippen LogP contribution in [0.15, 0.2) is 29.3 Å². The molecule has 0 amide bonds. The maximum Gasteiger partial charge on any atom is 0.191 e. The highest BCUT2D eigenvalue weighted by Gasteiger charge is 2.34. The molecule has 1 aromatic heterocycles. The summed E-state index contributed by atoms with van der Waals surface area (Å²) in [5.41, 5.74) is 4.60. The van der Waals surface area contributed by atoms with Crippen LogP contribution in [0.3, 0.4) is 0 Å². The molecular weight excluding hydrogens is 381 g/mol. The normalized spacial score (nSPS) is 17.6. The predicted molar refractivity (Wildman–Crippen MR) is 118 cm³/mol. The first-order valence-electron chi connectivity index (χ1n) is 10.6. The van der Waals surface area contributed by atoms with Gasteiger partial charge in [-0.2, -0.15) is 5.10 Å². The monoisotopic (exact) mass is 415 g/mol. The quantitative estimate of drug-likeness (QED) is 0.562. The molecule has 3 rings (SSSR count). The summed E-state index contributed by atoms with van der Waals surface area (Å²) in [5, 5.41) is 11.5. The fourth-order valence-corrected chi connectivity index (χ4v) is 4.28. The fourth-order valence-electron chi connectivity index (χ4n) is 4.28. The lowest BCUT2D eigenvalue weighted by molar-refractivity contribution is 0.0513. The Balaban J connectivity index is 1.66. The molecule has 2 N–H and O–H groups in total. The Hall–Kier alpha value is -2.41. The van der Waals surface area contributed by atoms with E-state index in [1.54, 1.807) is 19.2 Å². The van der Waals surface area contributed by atoms with Gasteiger partial charge in [0.2, 0.25) is 0 Å². The summed E-state index contributed by atoms with van der Waals surface area (Å²) in [6, 6.07) is 7.08. The highest BCUT2D eigenvalue weighted by molar-refractivity contribution is 5.80. The van der Waals surface area contributed by atoms with Crippen molar-refractivity contribution in [3.05, 3.63) is 52.6 Å². The van der Waals surface area contributed by atoms with Gasteiger partial charge in [0.05, 0.1) is 5.69 Å². The fraction of sp³-hybridized carbons (Fsp3) is 0.565. The van der Waals surface area contributed by atoms with Crippen LogP contribution in [0.2, 0.25) is 0 Å². The molecule has 30 heavy (non-hydrogen) atoms. The van der Waals surface area contributed by atoms with Crippen molar-refractivity contribution >= 4 is 5.96 Å². The van der Waals surface area contributed by atoms with Gasteiger partial charge in [0.25, 0.3) is 0 Å². The summed E-state index contributed by atoms with van der Waals surface area (Å²) < 4.78 is 21.0. The van der Waals surface area contributed by atoms with E-state index in [4.69, 9.17) is 4.74 Å². The highest BCUT2D eigenvalue weighted by Crippen LogP contribution is 2.34. The van der Waals surface area contributed by atoms with Crippen LogP contribution >= 0.6 is 0 Å². The average molecular weight is 416 g/mol. The van der Waals surface area contributed by atoms with Gasteiger partial charge in [0, 0.05) is 51.0 Å². The van der Waals surface area contributed by atoms with Crippen LogP contribution in [0.25, 0.3) is 0 Å². The van der Waals surface area contributed by atoms with E-state index in [-0.39, 0.29) is 17.3 Å². The third kappa shape index (κ3) is 5.01. The van der Waals surface area contributed by atoms with Gasteiger partial charge in [-0.25, -0.2) is 4.39 Å². The van der Waals surface area contributed by atoms with Crippen LogP contribution in [0.1, 0.15) is 42.3 Å². The molecule has 1 fully saturated rings. The molecule has 7 heteroatoms. The number of halogens is 1. The second-order valence-electron chi connectivity index (χ2n) is 8.35. The summed E-state index contributed by atoms with van der Waals surface area (Å²) >= 11 is 0.